The number of fused-ring (bicyclic) bond motifs is 1. The second kappa shape index (κ2) is 8.03. The molecule has 0 aromatic heterocycles. The van der Waals surface area contributed by atoms with Crippen molar-refractivity contribution in [1.82, 2.24) is 4.90 Å². The molecule has 2 heteroatoms. The van der Waals surface area contributed by atoms with E-state index in [2.05, 4.69) is 38.8 Å². The van der Waals surface area contributed by atoms with E-state index in [1.165, 1.54) is 37.7 Å². The number of hydrogen-bond donors (Lipinski definition) is 0. The molecule has 0 saturated carbocycles. The highest BCUT2D eigenvalue weighted by atomic mass is 15.2. The molecule has 0 N–H and O–H groups in total. The van der Waals surface area contributed by atoms with E-state index in [0.29, 0.717) is 0 Å². The van der Waals surface area contributed by atoms with Crippen molar-refractivity contribution >= 4 is 0 Å². The minimum absolute atomic E-state index is 0.981. The third-order valence-electron chi connectivity index (χ3n) is 4.72. The minimum atomic E-state index is 0.981. The molecule has 0 bridgehead atoms. The lowest BCUT2D eigenvalue weighted by Crippen LogP contribution is -2.26. The zero-order valence-corrected chi connectivity index (χ0v) is 14.1. The summed E-state index contributed by atoms with van der Waals surface area (Å²) in [5.74, 6) is 0. The highest BCUT2D eigenvalue weighted by Crippen LogP contribution is 2.40. The molecule has 2 nitrogen and oxygen atoms in total. The fourth-order valence-electron chi connectivity index (χ4n) is 3.33. The van der Waals surface area contributed by atoms with E-state index in [4.69, 9.17) is 0 Å². The van der Waals surface area contributed by atoms with Crippen LogP contribution in [-0.4, -0.2) is 4.90 Å². The van der Waals surface area contributed by atoms with Crippen molar-refractivity contribution in [3.8, 4) is 6.19 Å². The molecule has 0 aromatic rings. The summed E-state index contributed by atoms with van der Waals surface area (Å²) in [7, 11) is 0. The van der Waals surface area contributed by atoms with E-state index >= 15 is 0 Å². The highest BCUT2D eigenvalue weighted by Gasteiger charge is 2.28. The first kappa shape index (κ1) is 16.6. The first-order chi connectivity index (χ1) is 10.7. The predicted molar refractivity (Wildman–Crippen MR) is 92.7 cm³/mol. The molecule has 2 rings (SSSR count). The summed E-state index contributed by atoms with van der Waals surface area (Å²) in [6.45, 7) is 8.63. The quantitative estimate of drug-likeness (QED) is 0.427. The average molecular weight is 296 g/mol. The number of nitrogens with zero attached hydrogens (tertiary/aromatic N) is 2. The molecule has 1 aliphatic carbocycles. The Kier molecular flexibility index (Phi) is 6.07. The molecule has 2 aliphatic rings. The highest BCUT2D eigenvalue weighted by molar-refractivity contribution is 5.61. The van der Waals surface area contributed by atoms with Gasteiger partial charge >= 0.3 is 0 Å². The van der Waals surface area contributed by atoms with E-state index in [-0.39, 0.29) is 0 Å². The lowest BCUT2D eigenvalue weighted by Gasteiger charge is -2.34. The Morgan fingerprint density at radius 2 is 1.82 bits per heavy atom. The Hall–Kier alpha value is -1.75. The second-order valence-corrected chi connectivity index (χ2v) is 6.29. The molecule has 0 fully saturated rings. The van der Waals surface area contributed by atoms with Crippen LogP contribution >= 0.6 is 0 Å². The van der Waals surface area contributed by atoms with Gasteiger partial charge < -0.3 is 0 Å². The lowest BCUT2D eigenvalue weighted by molar-refractivity contribution is 0.517. The van der Waals surface area contributed by atoms with Crippen molar-refractivity contribution in [2.75, 3.05) is 0 Å². The number of unbranched alkanes of at least 4 members (excludes halogenated alkanes) is 5. The summed E-state index contributed by atoms with van der Waals surface area (Å²) < 4.78 is 0. The number of nitriles is 1. The summed E-state index contributed by atoms with van der Waals surface area (Å²) in [6.07, 6.45) is 17.5. The van der Waals surface area contributed by atoms with E-state index in [0.717, 1.165) is 48.2 Å². The molecule has 118 valence electrons. The molecule has 1 heterocycles. The molecule has 0 spiro atoms. The Morgan fingerprint density at radius 3 is 2.55 bits per heavy atom. The maximum absolute atomic E-state index is 9.62. The molecule has 22 heavy (non-hydrogen) atoms. The second-order valence-electron chi connectivity index (χ2n) is 6.29. The largest absolute Gasteiger partial charge is 0.251 e. The summed E-state index contributed by atoms with van der Waals surface area (Å²) in [5.41, 5.74) is 5.69. The predicted octanol–water partition coefficient (Wildman–Crippen LogP) is 5.97. The number of hydrogen-bond acceptors (Lipinski definition) is 2. The molecular formula is C20H28N2. The fraction of sp³-hybridized carbons (Fsp3) is 0.550. The smallest absolute Gasteiger partial charge is 0.189 e. The van der Waals surface area contributed by atoms with Gasteiger partial charge in [-0.3, -0.25) is 4.90 Å². The van der Waals surface area contributed by atoms with Crippen molar-refractivity contribution in [2.24, 2.45) is 0 Å². The molecular weight excluding hydrogens is 268 g/mol. The van der Waals surface area contributed by atoms with Crippen LogP contribution in [0.25, 0.3) is 0 Å². The first-order valence-corrected chi connectivity index (χ1v) is 8.70. The van der Waals surface area contributed by atoms with Crippen molar-refractivity contribution in [3.05, 3.63) is 46.8 Å². The van der Waals surface area contributed by atoms with Crippen LogP contribution in [0.5, 0.6) is 0 Å². The summed E-state index contributed by atoms with van der Waals surface area (Å²) in [4.78, 5) is 1.85. The zero-order chi connectivity index (χ0) is 15.9. The molecule has 0 unspecified atom stereocenters. The normalized spacial score (nSPS) is 17.9. The van der Waals surface area contributed by atoms with Crippen LogP contribution < -0.4 is 0 Å². The third-order valence-corrected chi connectivity index (χ3v) is 4.72. The van der Waals surface area contributed by atoms with E-state index in [1.807, 2.05) is 4.90 Å². The van der Waals surface area contributed by atoms with Gasteiger partial charge in [-0.2, -0.15) is 5.26 Å². The van der Waals surface area contributed by atoms with Crippen LogP contribution in [0.15, 0.2) is 46.8 Å². The maximum atomic E-state index is 9.62. The summed E-state index contributed by atoms with van der Waals surface area (Å²) in [5, 5.41) is 9.62. The van der Waals surface area contributed by atoms with Gasteiger partial charge in [0, 0.05) is 11.3 Å². The Balaban J connectivity index is 2.06. The van der Waals surface area contributed by atoms with Crippen LogP contribution in [0.1, 0.15) is 71.6 Å². The van der Waals surface area contributed by atoms with Gasteiger partial charge in [0.25, 0.3) is 0 Å². The van der Waals surface area contributed by atoms with Gasteiger partial charge in [0.05, 0.1) is 5.70 Å². The molecule has 0 amide bonds. The van der Waals surface area contributed by atoms with Crippen molar-refractivity contribution < 1.29 is 0 Å². The van der Waals surface area contributed by atoms with Crippen molar-refractivity contribution in [2.45, 2.75) is 71.6 Å². The van der Waals surface area contributed by atoms with Gasteiger partial charge in [-0.05, 0) is 43.8 Å². The number of rotatable bonds is 7. The van der Waals surface area contributed by atoms with Crippen molar-refractivity contribution in [3.63, 3.8) is 0 Å². The molecule has 0 aromatic carbocycles. The molecule has 1 aliphatic heterocycles. The number of allylic oxidation sites excluding steroid dienone is 5. The molecule has 0 atom stereocenters. The SMILES string of the molecule is C=C1C2=CCCC=C2N(C#N)C(CCCCCCCC)=C1C. The Bertz CT molecular complexity index is 555. The standard InChI is InChI=1S/C20H28N2/c1-4-5-6-7-8-9-13-19-17(3)16(2)18-12-10-11-14-20(18)22(19)15-21/h12,14H,2,4-11,13H2,1,3H3. The van der Waals surface area contributed by atoms with Gasteiger partial charge in [0.1, 0.15) is 0 Å². The summed E-state index contributed by atoms with van der Waals surface area (Å²) >= 11 is 0. The lowest BCUT2D eigenvalue weighted by atomic mass is 9.86. The van der Waals surface area contributed by atoms with Gasteiger partial charge in [-0.25, -0.2) is 0 Å². The summed E-state index contributed by atoms with van der Waals surface area (Å²) in [6, 6.07) is 0. The van der Waals surface area contributed by atoms with Gasteiger partial charge in [-0.15, -0.1) is 0 Å². The topological polar surface area (TPSA) is 27.0 Å². The van der Waals surface area contributed by atoms with Crippen LogP contribution in [0.2, 0.25) is 0 Å². The Morgan fingerprint density at radius 1 is 1.14 bits per heavy atom. The fourth-order valence-corrected chi connectivity index (χ4v) is 3.33. The third kappa shape index (κ3) is 3.53. The first-order valence-electron chi connectivity index (χ1n) is 8.70. The Labute approximate surface area is 135 Å². The maximum Gasteiger partial charge on any atom is 0.189 e. The molecule has 0 radical (unpaired) electrons. The minimum Gasteiger partial charge on any atom is -0.251 e. The van der Waals surface area contributed by atoms with E-state index in [1.54, 1.807) is 0 Å². The monoisotopic (exact) mass is 296 g/mol. The van der Waals surface area contributed by atoms with Crippen LogP contribution in [-0.2, 0) is 0 Å². The van der Waals surface area contributed by atoms with Gasteiger partial charge in [0.2, 0.25) is 0 Å². The zero-order valence-electron chi connectivity index (χ0n) is 14.1. The molecule has 0 saturated heterocycles. The van der Waals surface area contributed by atoms with Crippen LogP contribution in [0.4, 0.5) is 0 Å². The van der Waals surface area contributed by atoms with Crippen molar-refractivity contribution in [1.29, 1.82) is 5.26 Å². The van der Waals surface area contributed by atoms with Gasteiger partial charge in [-0.1, -0.05) is 57.8 Å². The average Bonchev–Trinajstić information content (AvgIpc) is 2.55. The van der Waals surface area contributed by atoms with Crippen LogP contribution in [0.3, 0.4) is 0 Å². The van der Waals surface area contributed by atoms with Gasteiger partial charge in [0.15, 0.2) is 6.19 Å². The van der Waals surface area contributed by atoms with Crippen LogP contribution in [0, 0.1) is 11.5 Å². The van der Waals surface area contributed by atoms with E-state index < -0.39 is 0 Å². The van der Waals surface area contributed by atoms with E-state index in [9.17, 15) is 5.26 Å².